The van der Waals surface area contributed by atoms with Crippen LogP contribution in [0.25, 0.3) is 0 Å². The predicted octanol–water partition coefficient (Wildman–Crippen LogP) is 7.20. The molecule has 10 nitrogen and oxygen atoms in total. The molecule has 0 fully saturated rings. The van der Waals surface area contributed by atoms with Crippen LogP contribution in [0.2, 0.25) is 0 Å². The van der Waals surface area contributed by atoms with Crippen molar-refractivity contribution in [1.29, 1.82) is 0 Å². The molecule has 4 aromatic carbocycles. The smallest absolute Gasteiger partial charge is 0.204 e. The number of rotatable bonds is 10. The lowest BCUT2D eigenvalue weighted by molar-refractivity contribution is 0.0903. The van der Waals surface area contributed by atoms with Gasteiger partial charge in [-0.1, -0.05) is 18.2 Å². The molecule has 282 valence electrons. The number of hydrogen-bond acceptors (Lipinski definition) is 10. The fraction of sp³-hybridized carbons (Fsp3) is 0.442. The molecule has 0 saturated heterocycles. The van der Waals surface area contributed by atoms with E-state index in [0.717, 1.165) is 72.3 Å². The first-order valence-corrected chi connectivity index (χ1v) is 18.5. The Hall–Kier alpha value is -4.32. The second kappa shape index (κ2) is 16.4. The SMILES string of the molecule is COCCCOCc1c2c3c(c(OC)c1OC)Oc1cc4c(cc1CO)CCN(C)[C@H]4Cc1ccc(cc1)Oc1cc(ccc1OC)C[C@@H]3N(C)CC2. The van der Waals surface area contributed by atoms with Crippen molar-refractivity contribution in [1.82, 2.24) is 9.80 Å². The van der Waals surface area contributed by atoms with Crippen molar-refractivity contribution in [2.45, 2.75) is 57.4 Å². The molecule has 4 aliphatic heterocycles. The fourth-order valence-corrected chi connectivity index (χ4v) is 8.19. The van der Waals surface area contributed by atoms with Crippen LogP contribution in [0.5, 0.6) is 40.2 Å². The van der Waals surface area contributed by atoms with E-state index >= 15 is 0 Å². The van der Waals surface area contributed by atoms with Gasteiger partial charge in [0.15, 0.2) is 23.0 Å². The number of nitrogens with zero attached hydrogens (tertiary/aromatic N) is 2. The maximum atomic E-state index is 10.8. The molecular formula is C43H52N2O8. The van der Waals surface area contributed by atoms with Crippen LogP contribution in [0.3, 0.4) is 0 Å². The van der Waals surface area contributed by atoms with E-state index in [-0.39, 0.29) is 18.7 Å². The van der Waals surface area contributed by atoms with E-state index in [1.165, 1.54) is 16.7 Å². The topological polar surface area (TPSA) is 91.3 Å². The van der Waals surface area contributed by atoms with Crippen LogP contribution < -0.4 is 23.7 Å². The van der Waals surface area contributed by atoms with E-state index in [0.29, 0.717) is 60.7 Å². The van der Waals surface area contributed by atoms with Crippen LogP contribution in [-0.2, 0) is 48.4 Å². The highest BCUT2D eigenvalue weighted by Crippen LogP contribution is 2.53. The minimum absolute atomic E-state index is 0.103. The zero-order valence-corrected chi connectivity index (χ0v) is 31.8. The summed E-state index contributed by atoms with van der Waals surface area (Å²) in [7, 11) is 11.0. The van der Waals surface area contributed by atoms with Crippen molar-refractivity contribution in [3.05, 3.63) is 99.1 Å². The molecule has 0 aliphatic carbocycles. The summed E-state index contributed by atoms with van der Waals surface area (Å²) >= 11 is 0. The number of likely N-dealkylation sites (N-methyl/N-ethyl adjacent to an activating group) is 2. The van der Waals surface area contributed by atoms with Gasteiger partial charge in [-0.3, -0.25) is 9.80 Å². The lowest BCUT2D eigenvalue weighted by Gasteiger charge is -2.38. The largest absolute Gasteiger partial charge is 0.493 e. The number of benzene rings is 4. The molecule has 0 radical (unpaired) electrons. The summed E-state index contributed by atoms with van der Waals surface area (Å²) in [4.78, 5) is 4.78. The Morgan fingerprint density at radius 3 is 2.23 bits per heavy atom. The number of fused-ring (bicyclic) bond motifs is 2. The van der Waals surface area contributed by atoms with Crippen molar-refractivity contribution < 1.29 is 38.3 Å². The monoisotopic (exact) mass is 724 g/mol. The molecule has 6 bridgehead atoms. The zero-order chi connectivity index (χ0) is 37.1. The maximum Gasteiger partial charge on any atom is 0.204 e. The lowest BCUT2D eigenvalue weighted by atomic mass is 9.84. The van der Waals surface area contributed by atoms with Gasteiger partial charge in [-0.15, -0.1) is 0 Å². The first kappa shape index (κ1) is 37.0. The van der Waals surface area contributed by atoms with Gasteiger partial charge < -0.3 is 38.3 Å². The molecule has 4 aromatic rings. The minimum atomic E-state index is -0.155. The second-order valence-corrected chi connectivity index (χ2v) is 14.2. The Morgan fingerprint density at radius 2 is 1.49 bits per heavy atom. The summed E-state index contributed by atoms with van der Waals surface area (Å²) in [5.41, 5.74) is 8.56. The van der Waals surface area contributed by atoms with E-state index in [1.807, 2.05) is 18.2 Å². The van der Waals surface area contributed by atoms with E-state index in [4.69, 9.17) is 33.2 Å². The first-order chi connectivity index (χ1) is 25.9. The van der Waals surface area contributed by atoms with E-state index in [1.54, 1.807) is 28.4 Å². The number of hydrogen-bond donors (Lipinski definition) is 1. The molecule has 2 atom stereocenters. The first-order valence-electron chi connectivity index (χ1n) is 18.5. The molecule has 8 rings (SSSR count). The lowest BCUT2D eigenvalue weighted by Crippen LogP contribution is -2.35. The van der Waals surface area contributed by atoms with Crippen LogP contribution in [0, 0.1) is 0 Å². The molecule has 1 N–H and O–H groups in total. The molecule has 53 heavy (non-hydrogen) atoms. The van der Waals surface area contributed by atoms with Gasteiger partial charge in [0.1, 0.15) is 11.5 Å². The van der Waals surface area contributed by atoms with Crippen LogP contribution in [0.1, 0.15) is 63.0 Å². The summed E-state index contributed by atoms with van der Waals surface area (Å²) in [6.07, 6.45) is 3.91. The van der Waals surface area contributed by atoms with Crippen LogP contribution in [0.4, 0.5) is 0 Å². The number of aliphatic hydroxyl groups excluding tert-OH is 1. The maximum absolute atomic E-state index is 10.8. The molecule has 0 aromatic heterocycles. The third-order valence-corrected chi connectivity index (χ3v) is 11.1. The van der Waals surface area contributed by atoms with Crippen LogP contribution in [0.15, 0.2) is 54.6 Å². The highest BCUT2D eigenvalue weighted by atomic mass is 16.5. The summed E-state index contributed by atoms with van der Waals surface area (Å²) in [5.74, 6) is 4.38. The van der Waals surface area contributed by atoms with Gasteiger partial charge in [0.05, 0.1) is 34.5 Å². The van der Waals surface area contributed by atoms with Crippen molar-refractivity contribution in [2.24, 2.45) is 0 Å². The van der Waals surface area contributed by atoms with E-state index in [9.17, 15) is 5.11 Å². The highest BCUT2D eigenvalue weighted by Gasteiger charge is 2.37. The van der Waals surface area contributed by atoms with Crippen molar-refractivity contribution in [3.8, 4) is 40.2 Å². The summed E-state index contributed by atoms with van der Waals surface area (Å²) in [6.45, 7) is 3.12. The van der Waals surface area contributed by atoms with Crippen LogP contribution in [-0.4, -0.2) is 83.7 Å². The third kappa shape index (κ3) is 7.43. The van der Waals surface area contributed by atoms with Crippen molar-refractivity contribution >= 4 is 0 Å². The summed E-state index contributed by atoms with van der Waals surface area (Å²) in [6, 6.07) is 18.8. The molecule has 4 aliphatic rings. The van der Waals surface area contributed by atoms with Gasteiger partial charge in [0.2, 0.25) is 5.75 Å². The number of methoxy groups -OCH3 is 4. The van der Waals surface area contributed by atoms with E-state index < -0.39 is 0 Å². The molecule has 0 amide bonds. The predicted molar refractivity (Wildman–Crippen MR) is 203 cm³/mol. The third-order valence-electron chi connectivity index (χ3n) is 11.1. The molecular weight excluding hydrogens is 672 g/mol. The molecule has 0 saturated carbocycles. The summed E-state index contributed by atoms with van der Waals surface area (Å²) in [5, 5.41) is 10.8. The average molecular weight is 725 g/mol. The standard InChI is InChI=1S/C43H52N2O8/c1-44-16-14-29-23-30(25-46)38-24-33(29)35(44)20-27-8-11-31(12-9-27)52-39-22-28(10-13-37(39)48-4)21-36-40-32(15-17-45(36)2)34(26-51-19-7-18-47-3)41(49-5)43(50-6)42(40)53-38/h8-13,22-24,35-36,46H,7,14-21,25-26H2,1-6H3/t35-,36-/m0/s1. The van der Waals surface area contributed by atoms with Crippen LogP contribution >= 0.6 is 0 Å². The zero-order valence-electron chi connectivity index (χ0n) is 31.8. The van der Waals surface area contributed by atoms with Crippen molar-refractivity contribution in [3.63, 3.8) is 0 Å². The average Bonchev–Trinajstić information content (AvgIpc) is 3.17. The van der Waals surface area contributed by atoms with Gasteiger partial charge in [-0.05, 0) is 110 Å². The van der Waals surface area contributed by atoms with Gasteiger partial charge in [-0.25, -0.2) is 0 Å². The molecule has 0 unspecified atom stereocenters. The highest BCUT2D eigenvalue weighted by molar-refractivity contribution is 5.67. The molecule has 10 heteroatoms. The fourth-order valence-electron chi connectivity index (χ4n) is 8.19. The minimum Gasteiger partial charge on any atom is -0.493 e. The van der Waals surface area contributed by atoms with Crippen molar-refractivity contribution in [2.75, 3.05) is 68.8 Å². The quantitative estimate of drug-likeness (QED) is 0.170. The molecule has 0 spiro atoms. The Kier molecular flexibility index (Phi) is 11.4. The Morgan fingerprint density at radius 1 is 0.755 bits per heavy atom. The Labute approximate surface area is 313 Å². The Bertz CT molecular complexity index is 1910. The molecule has 4 heterocycles. The van der Waals surface area contributed by atoms with Gasteiger partial charge in [-0.2, -0.15) is 0 Å². The second-order valence-electron chi connectivity index (χ2n) is 14.2. The Balaban J connectivity index is 1.46. The van der Waals surface area contributed by atoms with Gasteiger partial charge in [0, 0.05) is 62.2 Å². The van der Waals surface area contributed by atoms with Gasteiger partial charge in [0.25, 0.3) is 0 Å². The summed E-state index contributed by atoms with van der Waals surface area (Å²) < 4.78 is 43.3. The number of ether oxygens (including phenoxy) is 7. The van der Waals surface area contributed by atoms with Gasteiger partial charge >= 0.3 is 0 Å². The normalized spacial score (nSPS) is 18.3. The number of aliphatic hydroxyl groups is 1. The van der Waals surface area contributed by atoms with E-state index in [2.05, 4.69) is 60.3 Å².